The van der Waals surface area contributed by atoms with Crippen molar-refractivity contribution in [1.29, 1.82) is 0 Å². The van der Waals surface area contributed by atoms with Gasteiger partial charge in [-0.1, -0.05) is 64.6 Å². The summed E-state index contributed by atoms with van der Waals surface area (Å²) in [5.74, 6) is -1.32. The van der Waals surface area contributed by atoms with Crippen molar-refractivity contribution >= 4 is 56.5 Å². The van der Waals surface area contributed by atoms with Crippen LogP contribution in [0.5, 0.6) is 11.5 Å². The minimum Gasteiger partial charge on any atom is -0.504 e. The zero-order valence-corrected chi connectivity index (χ0v) is 18.1. The van der Waals surface area contributed by atoms with E-state index in [4.69, 9.17) is 46.4 Å². The number of rotatable bonds is 4. The monoisotopic (exact) mass is 492 g/mol. The predicted molar refractivity (Wildman–Crippen MR) is 114 cm³/mol. The maximum atomic E-state index is 12.9. The van der Waals surface area contributed by atoms with Gasteiger partial charge in [0.05, 0.1) is 5.02 Å². The molecule has 0 aliphatic rings. The Labute approximate surface area is 186 Å². The van der Waals surface area contributed by atoms with Gasteiger partial charge >= 0.3 is 0 Å². The summed E-state index contributed by atoms with van der Waals surface area (Å²) in [6.45, 7) is 0. The van der Waals surface area contributed by atoms with Crippen molar-refractivity contribution in [2.45, 2.75) is 4.75 Å². The summed E-state index contributed by atoms with van der Waals surface area (Å²) in [6, 6.07) is 11.8. The first-order valence-electron chi connectivity index (χ1n) is 7.89. The lowest BCUT2D eigenvalue weighted by molar-refractivity contribution is 0.402. The highest BCUT2D eigenvalue weighted by atomic mass is 35.5. The molecule has 0 amide bonds. The van der Waals surface area contributed by atoms with E-state index in [0.29, 0.717) is 5.02 Å². The number of halogens is 4. The first-order valence-corrected chi connectivity index (χ1v) is 10.8. The molecule has 152 valence electrons. The van der Waals surface area contributed by atoms with Crippen molar-refractivity contribution in [3.63, 3.8) is 0 Å². The van der Waals surface area contributed by atoms with Gasteiger partial charge in [0.1, 0.15) is 0 Å². The fourth-order valence-corrected chi connectivity index (χ4v) is 5.41. The molecule has 3 rings (SSSR count). The van der Waals surface area contributed by atoms with Crippen LogP contribution in [0.3, 0.4) is 0 Å². The number of phenolic OH excluding ortho intramolecular Hbond substituents is 2. The number of hydrogen-bond acceptors (Lipinski definition) is 4. The summed E-state index contributed by atoms with van der Waals surface area (Å²) in [5, 5.41) is 20.1. The molecule has 3 N–H and O–H groups in total. The summed E-state index contributed by atoms with van der Waals surface area (Å²) < 4.78 is 34.0. The normalized spacial score (nSPS) is 13.8. The molecule has 1 unspecified atom stereocenters. The molecule has 0 fully saturated rings. The quantitative estimate of drug-likeness (QED) is 0.239. The maximum Gasteiger partial charge on any atom is 0.283 e. The van der Waals surface area contributed by atoms with E-state index in [-0.39, 0.29) is 31.8 Å². The molecule has 29 heavy (non-hydrogen) atoms. The van der Waals surface area contributed by atoms with Gasteiger partial charge in [0, 0.05) is 20.6 Å². The molecule has 3 aromatic carbocycles. The van der Waals surface area contributed by atoms with Gasteiger partial charge in [-0.15, -0.1) is 0 Å². The SMILES string of the molecule is O=S(=O)(O)C(c1ccc(Cl)cc1)(c1cc(O)c(O)c(Cl)c1)c1ccc(Cl)cc1Cl. The topological polar surface area (TPSA) is 94.8 Å². The smallest absolute Gasteiger partial charge is 0.283 e. The number of hydrogen-bond donors (Lipinski definition) is 3. The zero-order valence-electron chi connectivity index (χ0n) is 14.3. The average Bonchev–Trinajstić information content (AvgIpc) is 2.62. The Morgan fingerprint density at radius 3 is 1.83 bits per heavy atom. The van der Waals surface area contributed by atoms with Crippen LogP contribution in [0.1, 0.15) is 16.7 Å². The second kappa shape index (κ2) is 7.87. The first kappa shape index (κ1) is 22.0. The van der Waals surface area contributed by atoms with E-state index in [9.17, 15) is 23.2 Å². The van der Waals surface area contributed by atoms with Crippen LogP contribution in [0.2, 0.25) is 20.1 Å². The van der Waals surface area contributed by atoms with Crippen molar-refractivity contribution in [1.82, 2.24) is 0 Å². The van der Waals surface area contributed by atoms with Crippen LogP contribution < -0.4 is 0 Å². The first-order chi connectivity index (χ1) is 13.5. The third-order valence-electron chi connectivity index (χ3n) is 4.40. The molecule has 0 bridgehead atoms. The second-order valence-corrected chi connectivity index (χ2v) is 9.36. The van der Waals surface area contributed by atoms with E-state index in [1.165, 1.54) is 42.5 Å². The van der Waals surface area contributed by atoms with Crippen molar-refractivity contribution in [2.24, 2.45) is 0 Å². The fraction of sp³-hybridized carbons (Fsp3) is 0.0526. The van der Waals surface area contributed by atoms with Gasteiger partial charge in [0.2, 0.25) is 0 Å². The maximum absolute atomic E-state index is 12.9. The molecule has 0 aliphatic heterocycles. The standard InChI is InChI=1S/C19H12Cl4O5S/c20-12-3-1-10(2-4-12)19(29(26,27)28,14-6-5-13(21)9-15(14)22)11-7-16(23)18(25)17(24)8-11/h1-9,24-25H,(H,26,27,28). The third kappa shape index (κ3) is 3.77. The highest BCUT2D eigenvalue weighted by molar-refractivity contribution is 7.87. The average molecular weight is 494 g/mol. The van der Waals surface area contributed by atoms with Crippen LogP contribution in [-0.2, 0) is 14.9 Å². The van der Waals surface area contributed by atoms with E-state index in [0.717, 1.165) is 12.1 Å². The summed E-state index contributed by atoms with van der Waals surface area (Å²) in [7, 11) is -5.00. The Morgan fingerprint density at radius 2 is 1.31 bits per heavy atom. The lowest BCUT2D eigenvalue weighted by Gasteiger charge is -2.33. The highest BCUT2D eigenvalue weighted by Crippen LogP contribution is 2.49. The molecule has 0 spiro atoms. The molecular formula is C19H12Cl4O5S. The van der Waals surface area contributed by atoms with Crippen LogP contribution >= 0.6 is 46.4 Å². The van der Waals surface area contributed by atoms with Gasteiger partial charge in [-0.3, -0.25) is 4.55 Å². The van der Waals surface area contributed by atoms with E-state index in [1.54, 1.807) is 0 Å². The van der Waals surface area contributed by atoms with E-state index >= 15 is 0 Å². The van der Waals surface area contributed by atoms with Gasteiger partial charge in [0.25, 0.3) is 10.1 Å². The third-order valence-corrected chi connectivity index (χ3v) is 6.95. The number of aromatic hydroxyl groups is 2. The summed E-state index contributed by atoms with van der Waals surface area (Å²) in [6.07, 6.45) is 0. The Bertz CT molecular complexity index is 1170. The van der Waals surface area contributed by atoms with Gasteiger partial charge in [-0.05, 0) is 47.5 Å². The summed E-state index contributed by atoms with van der Waals surface area (Å²) in [4.78, 5) is 0. The molecule has 3 aromatic rings. The van der Waals surface area contributed by atoms with Gasteiger partial charge < -0.3 is 10.2 Å². The molecule has 0 aliphatic carbocycles. The fourth-order valence-electron chi connectivity index (χ4n) is 3.16. The van der Waals surface area contributed by atoms with Crippen molar-refractivity contribution in [3.05, 3.63) is 91.4 Å². The molecule has 0 saturated carbocycles. The van der Waals surface area contributed by atoms with Crippen molar-refractivity contribution in [3.8, 4) is 11.5 Å². The molecule has 0 radical (unpaired) electrons. The predicted octanol–water partition coefficient (Wildman–Crippen LogP) is 5.89. The molecular weight excluding hydrogens is 482 g/mol. The van der Waals surface area contributed by atoms with Crippen molar-refractivity contribution < 1.29 is 23.2 Å². The van der Waals surface area contributed by atoms with Crippen molar-refractivity contribution in [2.75, 3.05) is 0 Å². The van der Waals surface area contributed by atoms with Crippen LogP contribution in [0.25, 0.3) is 0 Å². The van der Waals surface area contributed by atoms with Crippen LogP contribution in [0, 0.1) is 0 Å². The Kier molecular flexibility index (Phi) is 5.98. The van der Waals surface area contributed by atoms with Gasteiger partial charge in [0.15, 0.2) is 16.2 Å². The molecule has 1 atom stereocenters. The number of phenols is 2. The second-order valence-electron chi connectivity index (χ2n) is 6.11. The lowest BCUT2D eigenvalue weighted by atomic mass is 9.83. The molecule has 0 aromatic heterocycles. The highest BCUT2D eigenvalue weighted by Gasteiger charge is 2.50. The Morgan fingerprint density at radius 1 is 0.724 bits per heavy atom. The minimum absolute atomic E-state index is 0.0467. The van der Waals surface area contributed by atoms with Crippen LogP contribution in [0.4, 0.5) is 0 Å². The van der Waals surface area contributed by atoms with Crippen LogP contribution in [-0.4, -0.2) is 23.2 Å². The Hall–Kier alpha value is -1.67. The summed E-state index contributed by atoms with van der Waals surface area (Å²) >= 11 is 24.2. The Balaban J connectivity index is 2.56. The van der Waals surface area contributed by atoms with E-state index in [1.807, 2.05) is 0 Å². The van der Waals surface area contributed by atoms with E-state index < -0.39 is 26.4 Å². The summed E-state index contributed by atoms with van der Waals surface area (Å²) in [5.41, 5.74) is -0.142. The largest absolute Gasteiger partial charge is 0.504 e. The van der Waals surface area contributed by atoms with Gasteiger partial charge in [-0.25, -0.2) is 0 Å². The number of benzene rings is 3. The molecule has 10 heteroatoms. The molecule has 0 saturated heterocycles. The zero-order chi connectivity index (χ0) is 21.6. The molecule has 5 nitrogen and oxygen atoms in total. The van der Waals surface area contributed by atoms with Crippen LogP contribution in [0.15, 0.2) is 54.6 Å². The minimum atomic E-state index is -5.00. The lowest BCUT2D eigenvalue weighted by Crippen LogP contribution is -2.38. The van der Waals surface area contributed by atoms with E-state index in [2.05, 4.69) is 0 Å². The molecule has 0 heterocycles. The van der Waals surface area contributed by atoms with Gasteiger partial charge in [-0.2, -0.15) is 8.42 Å².